The highest BCUT2D eigenvalue weighted by Gasteiger charge is 2.31. The Balaban J connectivity index is 2.52. The van der Waals surface area contributed by atoms with Crippen molar-refractivity contribution in [1.29, 1.82) is 0 Å². The van der Waals surface area contributed by atoms with Gasteiger partial charge in [-0.1, -0.05) is 20.4 Å². The van der Waals surface area contributed by atoms with E-state index in [-0.39, 0.29) is 18.4 Å². The number of carbonyl (C=O) groups is 1. The molecule has 1 aliphatic rings. The number of rotatable bonds is 5. The zero-order valence-electron chi connectivity index (χ0n) is 11.2. The van der Waals surface area contributed by atoms with Gasteiger partial charge in [0.05, 0.1) is 6.61 Å². The summed E-state index contributed by atoms with van der Waals surface area (Å²) in [6.45, 7) is 12.9. The molecule has 0 aromatic rings. The molecule has 1 aliphatic heterocycles. The van der Waals surface area contributed by atoms with Gasteiger partial charge in [-0.3, -0.25) is 0 Å². The second-order valence-electron chi connectivity index (χ2n) is 4.98. The molecule has 98 valence electrons. The Morgan fingerprint density at radius 2 is 2.18 bits per heavy atom. The second kappa shape index (κ2) is 6.17. The number of hydrogen-bond donors (Lipinski definition) is 0. The Bertz CT molecular complexity index is 288. The van der Waals surface area contributed by atoms with Gasteiger partial charge in [-0.25, -0.2) is 9.69 Å². The number of ether oxygens (including phenoxy) is 2. The average molecular weight is 241 g/mol. The number of hydrogen-bond acceptors (Lipinski definition) is 4. The van der Waals surface area contributed by atoms with Crippen LogP contribution in [0.5, 0.6) is 0 Å². The molecular weight excluding hydrogens is 218 g/mol. The summed E-state index contributed by atoms with van der Waals surface area (Å²) in [6, 6.07) is 0. The lowest BCUT2D eigenvalue weighted by atomic mass is 10.1. The van der Waals surface area contributed by atoms with Crippen LogP contribution in [0.3, 0.4) is 0 Å². The molecule has 17 heavy (non-hydrogen) atoms. The molecule has 0 aromatic heterocycles. The summed E-state index contributed by atoms with van der Waals surface area (Å²) in [5.74, 6) is 0.220. The van der Waals surface area contributed by atoms with Crippen LogP contribution >= 0.6 is 0 Å². The summed E-state index contributed by atoms with van der Waals surface area (Å²) in [5, 5.41) is 0. The van der Waals surface area contributed by atoms with Crippen LogP contribution in [0, 0.1) is 5.92 Å². The molecule has 2 atom stereocenters. The Hall–Kier alpha value is -0.870. The van der Waals surface area contributed by atoms with Gasteiger partial charge in [-0.15, -0.1) is 0 Å². The van der Waals surface area contributed by atoms with E-state index >= 15 is 0 Å². The third-order valence-corrected chi connectivity index (χ3v) is 2.80. The van der Waals surface area contributed by atoms with Gasteiger partial charge in [-0.05, 0) is 26.2 Å². The highest BCUT2D eigenvalue weighted by atomic mass is 16.6. The van der Waals surface area contributed by atoms with Gasteiger partial charge in [0.1, 0.15) is 6.23 Å². The van der Waals surface area contributed by atoms with Crippen molar-refractivity contribution in [1.82, 2.24) is 4.90 Å². The largest absolute Gasteiger partial charge is 0.443 e. The number of carbonyl (C=O) groups excluding carboxylic acids is 1. The Morgan fingerprint density at radius 3 is 2.71 bits per heavy atom. The van der Waals surface area contributed by atoms with Crippen molar-refractivity contribution < 1.29 is 14.3 Å². The minimum absolute atomic E-state index is 0.0583. The fraction of sp³-hybridized carbons (Fsp3) is 0.769. The van der Waals surface area contributed by atoms with Crippen molar-refractivity contribution in [2.24, 2.45) is 5.92 Å². The van der Waals surface area contributed by atoms with Crippen molar-refractivity contribution in [3.63, 3.8) is 0 Å². The van der Waals surface area contributed by atoms with E-state index in [1.807, 2.05) is 6.92 Å². The molecule has 0 amide bonds. The van der Waals surface area contributed by atoms with E-state index in [1.54, 1.807) is 6.92 Å². The van der Waals surface area contributed by atoms with E-state index in [0.29, 0.717) is 18.1 Å². The van der Waals surface area contributed by atoms with E-state index in [2.05, 4.69) is 25.3 Å². The maximum absolute atomic E-state index is 11.4. The Kier molecular flexibility index (Phi) is 5.15. The van der Waals surface area contributed by atoms with E-state index in [4.69, 9.17) is 9.47 Å². The predicted molar refractivity (Wildman–Crippen MR) is 66.3 cm³/mol. The highest BCUT2D eigenvalue weighted by Crippen LogP contribution is 2.21. The first-order chi connectivity index (χ1) is 7.91. The molecule has 0 radical (unpaired) electrons. The zero-order chi connectivity index (χ0) is 13.0. The van der Waals surface area contributed by atoms with Crippen LogP contribution < -0.4 is 0 Å². The van der Waals surface area contributed by atoms with Gasteiger partial charge in [-0.2, -0.15) is 0 Å². The van der Waals surface area contributed by atoms with E-state index in [1.165, 1.54) is 0 Å². The van der Waals surface area contributed by atoms with E-state index < -0.39 is 0 Å². The van der Waals surface area contributed by atoms with Crippen LogP contribution in [0.4, 0.5) is 0 Å². The van der Waals surface area contributed by atoms with Crippen molar-refractivity contribution in [3.05, 3.63) is 12.2 Å². The maximum Gasteiger partial charge on any atom is 0.334 e. The van der Waals surface area contributed by atoms with Crippen LogP contribution in [0.2, 0.25) is 0 Å². The lowest BCUT2D eigenvalue weighted by Gasteiger charge is -2.29. The van der Waals surface area contributed by atoms with Crippen LogP contribution in [0.15, 0.2) is 12.2 Å². The fourth-order valence-corrected chi connectivity index (χ4v) is 1.88. The fourth-order valence-electron chi connectivity index (χ4n) is 1.88. The predicted octanol–water partition coefficient (Wildman–Crippen LogP) is 2.16. The third kappa shape index (κ3) is 4.13. The van der Waals surface area contributed by atoms with Crippen LogP contribution in [-0.2, 0) is 14.3 Å². The van der Waals surface area contributed by atoms with Gasteiger partial charge < -0.3 is 9.47 Å². The molecule has 1 fully saturated rings. The molecule has 4 nitrogen and oxygen atoms in total. The molecule has 0 spiro atoms. The van der Waals surface area contributed by atoms with E-state index in [9.17, 15) is 4.79 Å². The van der Waals surface area contributed by atoms with Crippen LogP contribution in [0.1, 0.15) is 34.1 Å². The minimum Gasteiger partial charge on any atom is -0.443 e. The highest BCUT2D eigenvalue weighted by molar-refractivity contribution is 5.87. The number of esters is 1. The summed E-state index contributed by atoms with van der Waals surface area (Å²) in [6.07, 6.45) is 0.753. The maximum atomic E-state index is 11.4. The van der Waals surface area contributed by atoms with Gasteiger partial charge in [0.2, 0.25) is 0 Å². The lowest BCUT2D eigenvalue weighted by molar-refractivity contribution is -0.158. The first kappa shape index (κ1) is 14.2. The Labute approximate surface area is 104 Å². The van der Waals surface area contributed by atoms with Crippen molar-refractivity contribution in [3.8, 4) is 0 Å². The second-order valence-corrected chi connectivity index (χ2v) is 4.98. The summed E-state index contributed by atoms with van der Waals surface area (Å²) in [4.78, 5) is 13.5. The minimum atomic E-state index is -0.340. The average Bonchev–Trinajstić information content (AvgIpc) is 2.64. The summed E-state index contributed by atoms with van der Waals surface area (Å²) >= 11 is 0. The van der Waals surface area contributed by atoms with Gasteiger partial charge in [0.15, 0.2) is 6.23 Å². The quantitative estimate of drug-likeness (QED) is 0.546. The molecule has 2 unspecified atom stereocenters. The topological polar surface area (TPSA) is 38.8 Å². The molecule has 4 heteroatoms. The smallest absolute Gasteiger partial charge is 0.334 e. The van der Waals surface area contributed by atoms with Crippen molar-refractivity contribution >= 4 is 5.97 Å². The Morgan fingerprint density at radius 1 is 1.53 bits per heavy atom. The van der Waals surface area contributed by atoms with Gasteiger partial charge in [0, 0.05) is 12.1 Å². The molecular formula is C13H23NO3. The van der Waals surface area contributed by atoms with Crippen LogP contribution in [0.25, 0.3) is 0 Å². The summed E-state index contributed by atoms with van der Waals surface area (Å²) in [7, 11) is 0. The normalized spacial score (nSPS) is 22.8. The molecule has 0 N–H and O–H groups in total. The number of nitrogens with zero attached hydrogens (tertiary/aromatic N) is 1. The lowest BCUT2D eigenvalue weighted by Crippen LogP contribution is -2.41. The molecule has 1 heterocycles. The zero-order valence-corrected chi connectivity index (χ0v) is 11.2. The third-order valence-electron chi connectivity index (χ3n) is 2.80. The van der Waals surface area contributed by atoms with E-state index in [0.717, 1.165) is 13.0 Å². The standard InChI is InChI=1S/C13H23NO3/c1-9(2)8-12-14(6-7-16-12)11(5)17-13(15)10(3)4/h9,11-12H,3,6-8H2,1-2,4-5H3. The summed E-state index contributed by atoms with van der Waals surface area (Å²) in [5.41, 5.74) is 0.428. The molecule has 0 aliphatic carbocycles. The van der Waals surface area contributed by atoms with Crippen molar-refractivity contribution in [2.45, 2.75) is 46.6 Å². The molecule has 0 aromatic carbocycles. The van der Waals surface area contributed by atoms with Gasteiger partial charge in [0.25, 0.3) is 0 Å². The first-order valence-electron chi connectivity index (χ1n) is 6.15. The molecule has 1 rings (SSSR count). The first-order valence-corrected chi connectivity index (χ1v) is 6.15. The monoisotopic (exact) mass is 241 g/mol. The van der Waals surface area contributed by atoms with Crippen LogP contribution in [-0.4, -0.2) is 36.5 Å². The van der Waals surface area contributed by atoms with Gasteiger partial charge >= 0.3 is 5.97 Å². The molecule has 1 saturated heterocycles. The summed E-state index contributed by atoms with van der Waals surface area (Å²) < 4.78 is 11.0. The molecule has 0 saturated carbocycles. The molecule has 0 bridgehead atoms. The SMILES string of the molecule is C=C(C)C(=O)OC(C)N1CCOC1CC(C)C. The van der Waals surface area contributed by atoms with Crippen molar-refractivity contribution in [2.75, 3.05) is 13.2 Å².